The number of rotatable bonds is 5. The van der Waals surface area contributed by atoms with Gasteiger partial charge in [0.2, 0.25) is 0 Å². The lowest BCUT2D eigenvalue weighted by Gasteiger charge is -2.10. The second kappa shape index (κ2) is 7.10. The molecule has 132 valence electrons. The Morgan fingerprint density at radius 2 is 1.88 bits per heavy atom. The lowest BCUT2D eigenvalue weighted by atomic mass is 10.1. The number of para-hydroxylation sites is 1. The fourth-order valence-electron chi connectivity index (χ4n) is 2.57. The molecule has 0 atom stereocenters. The number of hydrogen-bond donors (Lipinski definition) is 0. The quantitative estimate of drug-likeness (QED) is 0.353. The number of nitro benzene ring substituents is 1. The van der Waals surface area contributed by atoms with Crippen molar-refractivity contribution in [1.29, 1.82) is 0 Å². The van der Waals surface area contributed by atoms with Gasteiger partial charge in [-0.2, -0.15) is 0 Å². The van der Waals surface area contributed by atoms with E-state index in [9.17, 15) is 14.9 Å². The summed E-state index contributed by atoms with van der Waals surface area (Å²) in [6.07, 6.45) is 2.97. The van der Waals surface area contributed by atoms with Crippen LogP contribution in [0.1, 0.15) is 11.1 Å². The maximum absolute atomic E-state index is 12.2. The van der Waals surface area contributed by atoms with Crippen molar-refractivity contribution >= 4 is 23.5 Å². The topological polar surface area (TPSA) is 87.9 Å². The molecule has 0 aromatic heterocycles. The molecule has 1 aliphatic rings. The summed E-state index contributed by atoms with van der Waals surface area (Å²) >= 11 is 0. The van der Waals surface area contributed by atoms with Crippen LogP contribution in [0.4, 0.5) is 5.69 Å². The summed E-state index contributed by atoms with van der Waals surface area (Å²) in [4.78, 5) is 22.8. The van der Waals surface area contributed by atoms with Crippen LogP contribution in [0.15, 0.2) is 54.1 Å². The first-order valence-corrected chi connectivity index (χ1v) is 7.65. The van der Waals surface area contributed by atoms with E-state index >= 15 is 0 Å². The molecule has 1 aliphatic heterocycles. The molecule has 0 bridgehead atoms. The van der Waals surface area contributed by atoms with Gasteiger partial charge in [0.1, 0.15) is 17.3 Å². The Balaban J connectivity index is 2.02. The Labute approximate surface area is 149 Å². The number of esters is 1. The molecular formula is C19H15NO6. The average Bonchev–Trinajstić information content (AvgIpc) is 3.01. The SMILES string of the molecule is COc1ccc(C2=C/C(=C\c3ccccc3[N+](=O)[O-])C(=O)O2)c(OC)c1. The van der Waals surface area contributed by atoms with Crippen LogP contribution in [0.5, 0.6) is 11.5 Å². The highest BCUT2D eigenvalue weighted by Gasteiger charge is 2.25. The van der Waals surface area contributed by atoms with E-state index in [2.05, 4.69) is 0 Å². The van der Waals surface area contributed by atoms with E-state index in [1.807, 2.05) is 0 Å². The van der Waals surface area contributed by atoms with Crippen LogP contribution in [-0.4, -0.2) is 25.1 Å². The van der Waals surface area contributed by atoms with Gasteiger partial charge in [-0.15, -0.1) is 0 Å². The molecular weight excluding hydrogens is 338 g/mol. The highest BCUT2D eigenvalue weighted by Crippen LogP contribution is 2.35. The number of methoxy groups -OCH3 is 2. The number of ether oxygens (including phenoxy) is 3. The van der Waals surface area contributed by atoms with Gasteiger partial charge in [0, 0.05) is 12.1 Å². The maximum Gasteiger partial charge on any atom is 0.343 e. The summed E-state index contributed by atoms with van der Waals surface area (Å²) in [5, 5.41) is 11.1. The van der Waals surface area contributed by atoms with E-state index in [1.54, 1.807) is 36.4 Å². The van der Waals surface area contributed by atoms with Gasteiger partial charge in [-0.25, -0.2) is 4.79 Å². The molecule has 2 aromatic rings. The molecule has 0 N–H and O–H groups in total. The van der Waals surface area contributed by atoms with Crippen LogP contribution in [-0.2, 0) is 9.53 Å². The molecule has 0 spiro atoms. The Bertz CT molecular complexity index is 945. The lowest BCUT2D eigenvalue weighted by Crippen LogP contribution is -1.99. The fourth-order valence-corrected chi connectivity index (χ4v) is 2.57. The van der Waals surface area contributed by atoms with Gasteiger partial charge >= 0.3 is 5.97 Å². The van der Waals surface area contributed by atoms with Crippen molar-refractivity contribution in [3.05, 3.63) is 75.4 Å². The number of carbonyl (C=O) groups excluding carboxylic acids is 1. The van der Waals surface area contributed by atoms with Crippen LogP contribution in [0.2, 0.25) is 0 Å². The van der Waals surface area contributed by atoms with E-state index in [-0.39, 0.29) is 11.3 Å². The normalized spacial score (nSPS) is 14.8. The molecule has 0 saturated carbocycles. The maximum atomic E-state index is 12.2. The van der Waals surface area contributed by atoms with Gasteiger partial charge in [0.15, 0.2) is 0 Å². The van der Waals surface area contributed by atoms with Crippen LogP contribution in [0.3, 0.4) is 0 Å². The van der Waals surface area contributed by atoms with Gasteiger partial charge < -0.3 is 14.2 Å². The van der Waals surface area contributed by atoms with E-state index in [0.717, 1.165) is 0 Å². The number of nitrogens with zero attached hydrogens (tertiary/aromatic N) is 1. The van der Waals surface area contributed by atoms with Crippen LogP contribution in [0.25, 0.3) is 11.8 Å². The minimum atomic E-state index is -0.587. The summed E-state index contributed by atoms with van der Waals surface area (Å²) in [5.41, 5.74) is 1.03. The second-order valence-electron chi connectivity index (χ2n) is 5.38. The van der Waals surface area contributed by atoms with E-state index in [0.29, 0.717) is 28.4 Å². The number of hydrogen-bond acceptors (Lipinski definition) is 6. The lowest BCUT2D eigenvalue weighted by molar-refractivity contribution is -0.385. The van der Waals surface area contributed by atoms with Crippen molar-refractivity contribution in [2.24, 2.45) is 0 Å². The first kappa shape index (κ1) is 17.2. The molecule has 3 rings (SSSR count). The monoisotopic (exact) mass is 353 g/mol. The van der Waals surface area contributed by atoms with Crippen molar-refractivity contribution in [3.63, 3.8) is 0 Å². The third-order valence-corrected chi connectivity index (χ3v) is 3.84. The zero-order chi connectivity index (χ0) is 18.7. The molecule has 0 unspecified atom stereocenters. The van der Waals surface area contributed by atoms with E-state index in [4.69, 9.17) is 14.2 Å². The third-order valence-electron chi connectivity index (χ3n) is 3.84. The summed E-state index contributed by atoms with van der Waals surface area (Å²) in [5.74, 6) is 0.803. The van der Waals surface area contributed by atoms with Gasteiger partial charge in [0.25, 0.3) is 5.69 Å². The Hall–Kier alpha value is -3.61. The number of nitro groups is 1. The first-order valence-electron chi connectivity index (χ1n) is 7.65. The standard InChI is InChI=1S/C19H15NO6/c1-24-14-7-8-15(17(11-14)25-2)18-10-13(19(21)26-18)9-12-5-3-4-6-16(12)20(22)23/h3-11H,1-2H3/b13-9+. The molecule has 26 heavy (non-hydrogen) atoms. The van der Waals surface area contributed by atoms with Crippen molar-refractivity contribution in [1.82, 2.24) is 0 Å². The van der Waals surface area contributed by atoms with Crippen molar-refractivity contribution in [2.75, 3.05) is 14.2 Å². The first-order chi connectivity index (χ1) is 12.5. The second-order valence-corrected chi connectivity index (χ2v) is 5.38. The Morgan fingerprint density at radius 3 is 2.58 bits per heavy atom. The minimum absolute atomic E-state index is 0.0864. The highest BCUT2D eigenvalue weighted by molar-refractivity contribution is 6.05. The number of carbonyl (C=O) groups is 1. The van der Waals surface area contributed by atoms with Crippen molar-refractivity contribution in [3.8, 4) is 11.5 Å². The molecule has 0 aliphatic carbocycles. The van der Waals surface area contributed by atoms with Gasteiger partial charge in [-0.05, 0) is 30.4 Å². The predicted molar refractivity (Wildman–Crippen MR) is 94.7 cm³/mol. The Morgan fingerprint density at radius 1 is 1.12 bits per heavy atom. The summed E-state index contributed by atoms with van der Waals surface area (Å²) in [6.45, 7) is 0. The minimum Gasteiger partial charge on any atom is -0.497 e. The van der Waals surface area contributed by atoms with Crippen LogP contribution >= 0.6 is 0 Å². The molecule has 0 fully saturated rings. The molecule has 0 saturated heterocycles. The highest BCUT2D eigenvalue weighted by atomic mass is 16.6. The molecule has 7 nitrogen and oxygen atoms in total. The van der Waals surface area contributed by atoms with Gasteiger partial charge in [0.05, 0.1) is 35.8 Å². The predicted octanol–water partition coefficient (Wildman–Crippen LogP) is 3.59. The summed E-state index contributed by atoms with van der Waals surface area (Å²) < 4.78 is 15.8. The zero-order valence-corrected chi connectivity index (χ0v) is 14.1. The van der Waals surface area contributed by atoms with E-state index < -0.39 is 10.9 Å². The zero-order valence-electron chi connectivity index (χ0n) is 14.1. The van der Waals surface area contributed by atoms with Crippen LogP contribution in [0, 0.1) is 10.1 Å². The van der Waals surface area contributed by atoms with E-state index in [1.165, 1.54) is 32.4 Å². The van der Waals surface area contributed by atoms with Gasteiger partial charge in [-0.1, -0.05) is 12.1 Å². The van der Waals surface area contributed by atoms with Crippen LogP contribution < -0.4 is 9.47 Å². The molecule has 1 heterocycles. The molecule has 2 aromatic carbocycles. The molecule has 7 heteroatoms. The third kappa shape index (κ3) is 3.27. The summed E-state index contributed by atoms with van der Waals surface area (Å²) in [6, 6.07) is 11.3. The largest absolute Gasteiger partial charge is 0.497 e. The smallest absolute Gasteiger partial charge is 0.343 e. The fraction of sp³-hybridized carbons (Fsp3) is 0.105. The number of benzene rings is 2. The molecule has 0 amide bonds. The van der Waals surface area contributed by atoms with Gasteiger partial charge in [-0.3, -0.25) is 10.1 Å². The van der Waals surface area contributed by atoms with Crippen molar-refractivity contribution in [2.45, 2.75) is 0 Å². The van der Waals surface area contributed by atoms with Crippen molar-refractivity contribution < 1.29 is 23.9 Å². The average molecular weight is 353 g/mol. The Kier molecular flexibility index (Phi) is 4.70. The number of cyclic esters (lactones) is 1. The molecule has 0 radical (unpaired) electrons. The summed E-state index contributed by atoms with van der Waals surface area (Å²) in [7, 11) is 3.04.